The minimum atomic E-state index is -0.0765. The van der Waals surface area contributed by atoms with E-state index in [-0.39, 0.29) is 5.41 Å². The number of nitrogens with zero attached hydrogens (tertiary/aromatic N) is 2. The maximum atomic E-state index is 5.99. The van der Waals surface area contributed by atoms with Gasteiger partial charge in [-0.25, -0.2) is 9.97 Å². The molecule has 1 aliphatic heterocycles. The summed E-state index contributed by atoms with van der Waals surface area (Å²) >= 11 is 0. The Hall–Kier alpha value is -1.46. The molecular weight excluding hydrogens is 228 g/mol. The number of hydrogen-bond acceptors (Lipinski definition) is 4. The number of fused-ring (bicyclic) bond motifs is 1. The van der Waals surface area contributed by atoms with E-state index in [1.807, 2.05) is 19.1 Å². The van der Waals surface area contributed by atoms with Gasteiger partial charge in [0.2, 0.25) is 0 Å². The first-order valence-electron chi connectivity index (χ1n) is 6.35. The highest BCUT2D eigenvalue weighted by atomic mass is 16.5. The van der Waals surface area contributed by atoms with Gasteiger partial charge in [0.15, 0.2) is 5.65 Å². The molecular formula is C13H18N4O. The van der Waals surface area contributed by atoms with Crippen LogP contribution in [0.5, 0.6) is 0 Å². The lowest BCUT2D eigenvalue weighted by molar-refractivity contribution is 0.0503. The van der Waals surface area contributed by atoms with Crippen LogP contribution in [0.2, 0.25) is 0 Å². The van der Waals surface area contributed by atoms with Gasteiger partial charge in [-0.05, 0) is 31.9 Å². The fourth-order valence-corrected chi connectivity index (χ4v) is 2.54. The highest BCUT2D eigenvalue weighted by Gasteiger charge is 2.36. The van der Waals surface area contributed by atoms with Crippen molar-refractivity contribution in [1.29, 1.82) is 0 Å². The molecule has 1 saturated heterocycles. The van der Waals surface area contributed by atoms with Crippen LogP contribution in [-0.2, 0) is 10.2 Å². The van der Waals surface area contributed by atoms with Gasteiger partial charge in [-0.1, -0.05) is 0 Å². The molecule has 0 aliphatic carbocycles. The summed E-state index contributed by atoms with van der Waals surface area (Å²) in [6.07, 6.45) is 1.84. The van der Waals surface area contributed by atoms with Crippen molar-refractivity contribution >= 4 is 11.2 Å². The van der Waals surface area contributed by atoms with Gasteiger partial charge in [0.1, 0.15) is 5.82 Å². The molecule has 2 aromatic rings. The Kier molecular flexibility index (Phi) is 2.80. The van der Waals surface area contributed by atoms with Crippen LogP contribution in [0.1, 0.15) is 24.4 Å². The zero-order valence-electron chi connectivity index (χ0n) is 10.6. The van der Waals surface area contributed by atoms with Crippen molar-refractivity contribution in [2.24, 2.45) is 5.73 Å². The first kappa shape index (κ1) is 11.6. The number of rotatable bonds is 2. The lowest BCUT2D eigenvalue weighted by Gasteiger charge is -2.34. The maximum absolute atomic E-state index is 5.99. The summed E-state index contributed by atoms with van der Waals surface area (Å²) in [5, 5.41) is 0. The number of ether oxygens (including phenoxy) is 1. The molecule has 0 amide bonds. The third-order valence-corrected chi connectivity index (χ3v) is 3.83. The molecule has 18 heavy (non-hydrogen) atoms. The number of nitrogens with two attached hydrogens (primary N) is 1. The zero-order chi connectivity index (χ0) is 12.6. The monoisotopic (exact) mass is 246 g/mol. The molecule has 0 bridgehead atoms. The molecule has 3 N–H and O–H groups in total. The third kappa shape index (κ3) is 1.79. The van der Waals surface area contributed by atoms with Gasteiger partial charge in [-0.3, -0.25) is 0 Å². The van der Waals surface area contributed by atoms with E-state index >= 15 is 0 Å². The molecule has 3 heterocycles. The van der Waals surface area contributed by atoms with Gasteiger partial charge >= 0.3 is 0 Å². The SMILES string of the molecule is Cc1ccc2[nH]c(C3(CN)CCOCC3)nc2n1. The summed E-state index contributed by atoms with van der Waals surface area (Å²) in [5.74, 6) is 0.960. The van der Waals surface area contributed by atoms with E-state index in [2.05, 4.69) is 15.0 Å². The smallest absolute Gasteiger partial charge is 0.177 e. The van der Waals surface area contributed by atoms with Crippen LogP contribution in [0.15, 0.2) is 12.1 Å². The van der Waals surface area contributed by atoms with Gasteiger partial charge < -0.3 is 15.5 Å². The lowest BCUT2D eigenvalue weighted by Crippen LogP contribution is -2.41. The number of aromatic nitrogens is 3. The molecule has 0 saturated carbocycles. The van der Waals surface area contributed by atoms with Crippen molar-refractivity contribution in [3.63, 3.8) is 0 Å². The summed E-state index contributed by atoms with van der Waals surface area (Å²) in [6, 6.07) is 4.01. The molecule has 0 radical (unpaired) electrons. The van der Waals surface area contributed by atoms with E-state index in [0.29, 0.717) is 6.54 Å². The van der Waals surface area contributed by atoms with Crippen molar-refractivity contribution in [3.8, 4) is 0 Å². The molecule has 0 atom stereocenters. The van der Waals surface area contributed by atoms with Gasteiger partial charge in [0, 0.05) is 30.9 Å². The van der Waals surface area contributed by atoms with Gasteiger partial charge in [0.05, 0.1) is 5.52 Å². The first-order chi connectivity index (χ1) is 8.73. The topological polar surface area (TPSA) is 76.8 Å². The van der Waals surface area contributed by atoms with Crippen LogP contribution >= 0.6 is 0 Å². The number of hydrogen-bond donors (Lipinski definition) is 2. The minimum Gasteiger partial charge on any atom is -0.381 e. The standard InChI is InChI=1S/C13H18N4O/c1-9-2-3-10-11(15-9)17-12(16-10)13(8-14)4-6-18-7-5-13/h2-3H,4-8,14H2,1H3,(H,15,16,17). The molecule has 2 aromatic heterocycles. The van der Waals surface area contributed by atoms with Crippen molar-refractivity contribution in [3.05, 3.63) is 23.7 Å². The summed E-state index contributed by atoms with van der Waals surface area (Å²) in [5.41, 5.74) is 8.65. The van der Waals surface area contributed by atoms with E-state index < -0.39 is 0 Å². The molecule has 0 spiro atoms. The fraction of sp³-hybridized carbons (Fsp3) is 0.538. The van der Waals surface area contributed by atoms with E-state index in [9.17, 15) is 0 Å². The maximum Gasteiger partial charge on any atom is 0.177 e. The van der Waals surface area contributed by atoms with Crippen LogP contribution < -0.4 is 5.73 Å². The average molecular weight is 246 g/mol. The number of nitrogens with one attached hydrogen (secondary N) is 1. The van der Waals surface area contributed by atoms with Crippen LogP contribution in [-0.4, -0.2) is 34.7 Å². The Labute approximate surface area is 106 Å². The van der Waals surface area contributed by atoms with Crippen molar-refractivity contribution in [2.45, 2.75) is 25.2 Å². The molecule has 5 heteroatoms. The molecule has 1 fully saturated rings. The van der Waals surface area contributed by atoms with Crippen LogP contribution in [0.3, 0.4) is 0 Å². The molecule has 0 aromatic carbocycles. The van der Waals surface area contributed by atoms with Crippen LogP contribution in [0, 0.1) is 6.92 Å². The van der Waals surface area contributed by atoms with Crippen molar-refractivity contribution < 1.29 is 4.74 Å². The van der Waals surface area contributed by atoms with Crippen molar-refractivity contribution in [2.75, 3.05) is 19.8 Å². The average Bonchev–Trinajstić information content (AvgIpc) is 2.83. The molecule has 0 unspecified atom stereocenters. The number of pyridine rings is 1. The summed E-state index contributed by atoms with van der Waals surface area (Å²) in [6.45, 7) is 4.07. The number of H-pyrrole nitrogens is 1. The first-order valence-corrected chi connectivity index (χ1v) is 6.35. The zero-order valence-corrected chi connectivity index (χ0v) is 10.6. The number of aryl methyl sites for hydroxylation is 1. The second-order valence-electron chi connectivity index (χ2n) is 5.01. The van der Waals surface area contributed by atoms with Gasteiger partial charge in [-0.15, -0.1) is 0 Å². The molecule has 5 nitrogen and oxygen atoms in total. The van der Waals surface area contributed by atoms with E-state index in [1.165, 1.54) is 0 Å². The predicted octanol–water partition coefficient (Wildman–Crippen LogP) is 1.27. The third-order valence-electron chi connectivity index (χ3n) is 3.83. The summed E-state index contributed by atoms with van der Waals surface area (Å²) in [4.78, 5) is 12.5. The van der Waals surface area contributed by atoms with Gasteiger partial charge in [0.25, 0.3) is 0 Å². The normalized spacial score (nSPS) is 19.2. The van der Waals surface area contributed by atoms with E-state index in [1.54, 1.807) is 0 Å². The summed E-state index contributed by atoms with van der Waals surface area (Å²) in [7, 11) is 0. The minimum absolute atomic E-state index is 0.0765. The molecule has 1 aliphatic rings. The quantitative estimate of drug-likeness (QED) is 0.836. The Morgan fingerprint density at radius 1 is 1.33 bits per heavy atom. The van der Waals surface area contributed by atoms with Crippen LogP contribution in [0.25, 0.3) is 11.2 Å². The van der Waals surface area contributed by atoms with E-state index in [0.717, 1.165) is 48.7 Å². The summed E-state index contributed by atoms with van der Waals surface area (Å²) < 4.78 is 5.43. The number of aromatic amines is 1. The van der Waals surface area contributed by atoms with E-state index in [4.69, 9.17) is 10.5 Å². The second kappa shape index (κ2) is 4.33. The highest BCUT2D eigenvalue weighted by molar-refractivity contribution is 5.70. The van der Waals surface area contributed by atoms with Crippen LogP contribution in [0.4, 0.5) is 0 Å². The Balaban J connectivity index is 2.06. The lowest BCUT2D eigenvalue weighted by atomic mass is 9.79. The molecule has 96 valence electrons. The highest BCUT2D eigenvalue weighted by Crippen LogP contribution is 2.32. The Bertz CT molecular complexity index is 557. The molecule has 3 rings (SSSR count). The Morgan fingerprint density at radius 2 is 2.11 bits per heavy atom. The largest absolute Gasteiger partial charge is 0.381 e. The second-order valence-corrected chi connectivity index (χ2v) is 5.01. The number of imidazole rings is 1. The van der Waals surface area contributed by atoms with Crippen molar-refractivity contribution in [1.82, 2.24) is 15.0 Å². The van der Waals surface area contributed by atoms with Gasteiger partial charge in [-0.2, -0.15) is 0 Å². The predicted molar refractivity (Wildman–Crippen MR) is 69.4 cm³/mol. The fourth-order valence-electron chi connectivity index (χ4n) is 2.54. The Morgan fingerprint density at radius 3 is 2.83 bits per heavy atom.